The van der Waals surface area contributed by atoms with Gasteiger partial charge in [0.1, 0.15) is 17.2 Å². The summed E-state index contributed by atoms with van der Waals surface area (Å²) in [5.74, 6) is 2.99. The first-order valence-electron chi connectivity index (χ1n) is 7.91. The maximum absolute atomic E-state index is 6.12. The number of nitrogen functional groups attached to an aromatic ring is 1. The van der Waals surface area contributed by atoms with Crippen LogP contribution in [-0.2, 0) is 13.0 Å². The Hall–Kier alpha value is -2.83. The number of fused-ring (bicyclic) bond motifs is 1. The Morgan fingerprint density at radius 2 is 1.96 bits per heavy atom. The van der Waals surface area contributed by atoms with Gasteiger partial charge in [-0.25, -0.2) is 0 Å². The minimum Gasteiger partial charge on any atom is -0.383 e. The maximum atomic E-state index is 6.12. The Balaban J connectivity index is 1.75. The van der Waals surface area contributed by atoms with E-state index >= 15 is 0 Å². The number of hydrogen-bond donors (Lipinski definition) is 3. The van der Waals surface area contributed by atoms with Gasteiger partial charge in [0, 0.05) is 18.7 Å². The molecule has 23 heavy (non-hydrogen) atoms. The Morgan fingerprint density at radius 1 is 1.09 bits per heavy atom. The molecule has 0 saturated heterocycles. The van der Waals surface area contributed by atoms with Crippen molar-refractivity contribution in [3.63, 3.8) is 0 Å². The molecule has 1 aliphatic heterocycles. The molecule has 0 atom stereocenters. The number of benzene rings is 1. The van der Waals surface area contributed by atoms with Gasteiger partial charge in [-0.2, -0.15) is 5.10 Å². The fourth-order valence-electron chi connectivity index (χ4n) is 3.00. The molecule has 0 unspecified atom stereocenters. The number of anilines is 3. The molecular weight excluding hydrogens is 290 g/mol. The van der Waals surface area contributed by atoms with Gasteiger partial charge in [0.2, 0.25) is 0 Å². The molecule has 3 aromatic rings. The van der Waals surface area contributed by atoms with Crippen molar-refractivity contribution in [2.45, 2.75) is 32.2 Å². The van der Waals surface area contributed by atoms with Crippen molar-refractivity contribution in [2.24, 2.45) is 0 Å². The summed E-state index contributed by atoms with van der Waals surface area (Å²) >= 11 is 0. The zero-order valence-electron chi connectivity index (χ0n) is 12.8. The monoisotopic (exact) mass is 309 g/mol. The first kappa shape index (κ1) is 13.8. The smallest absolute Gasteiger partial charge is 0.171 e. The van der Waals surface area contributed by atoms with Gasteiger partial charge >= 0.3 is 0 Å². The van der Waals surface area contributed by atoms with E-state index in [1.807, 2.05) is 30.3 Å². The molecule has 0 amide bonds. The van der Waals surface area contributed by atoms with Crippen molar-refractivity contribution < 1.29 is 0 Å². The number of hydrogen-bond acceptors (Lipinski definition) is 5. The normalized spacial score (nSPS) is 14.3. The molecule has 0 spiro atoms. The summed E-state index contributed by atoms with van der Waals surface area (Å²) in [6, 6.07) is 9.89. The predicted octanol–water partition coefficient (Wildman–Crippen LogP) is 2.72. The fourth-order valence-corrected chi connectivity index (χ4v) is 3.00. The second-order valence-electron chi connectivity index (χ2n) is 5.75. The fraction of sp³-hybridized carbons (Fsp3) is 0.312. The van der Waals surface area contributed by atoms with Crippen LogP contribution in [0.15, 0.2) is 30.3 Å². The molecule has 1 aromatic carbocycles. The van der Waals surface area contributed by atoms with Crippen molar-refractivity contribution in [1.82, 2.24) is 25.0 Å². The molecule has 3 heterocycles. The van der Waals surface area contributed by atoms with E-state index in [1.165, 1.54) is 6.42 Å². The van der Waals surface area contributed by atoms with Crippen LogP contribution in [0.2, 0.25) is 0 Å². The number of aryl methyl sites for hydroxylation is 1. The van der Waals surface area contributed by atoms with Crippen LogP contribution in [0.4, 0.5) is 17.3 Å². The summed E-state index contributed by atoms with van der Waals surface area (Å²) in [6.07, 6.45) is 4.48. The summed E-state index contributed by atoms with van der Waals surface area (Å²) in [6.45, 7) is 0.924. The quantitative estimate of drug-likeness (QED) is 0.691. The topological polar surface area (TPSA) is 97.4 Å². The van der Waals surface area contributed by atoms with Crippen LogP contribution in [-0.4, -0.2) is 25.0 Å². The molecule has 118 valence electrons. The van der Waals surface area contributed by atoms with Gasteiger partial charge in [-0.15, -0.1) is 10.2 Å². The van der Waals surface area contributed by atoms with Crippen LogP contribution in [0.25, 0.3) is 11.4 Å². The first-order valence-corrected chi connectivity index (χ1v) is 7.91. The summed E-state index contributed by atoms with van der Waals surface area (Å²) in [7, 11) is 0. The van der Waals surface area contributed by atoms with Crippen molar-refractivity contribution in [3.8, 4) is 11.4 Å². The second kappa shape index (κ2) is 5.75. The maximum Gasteiger partial charge on any atom is 0.171 e. The number of aromatic nitrogens is 5. The molecular formula is C16H19N7. The van der Waals surface area contributed by atoms with Crippen LogP contribution in [0, 0.1) is 0 Å². The van der Waals surface area contributed by atoms with Crippen molar-refractivity contribution in [2.75, 3.05) is 11.1 Å². The third-order valence-corrected chi connectivity index (χ3v) is 4.16. The molecule has 1 aliphatic rings. The lowest BCUT2D eigenvalue weighted by Crippen LogP contribution is -2.05. The van der Waals surface area contributed by atoms with Crippen LogP contribution in [0.1, 0.15) is 25.1 Å². The lowest BCUT2D eigenvalue weighted by atomic mass is 10.2. The third kappa shape index (κ3) is 2.54. The van der Waals surface area contributed by atoms with Gasteiger partial charge in [-0.05, 0) is 25.0 Å². The molecule has 0 aliphatic carbocycles. The van der Waals surface area contributed by atoms with E-state index in [0.717, 1.165) is 48.7 Å². The Labute approximate surface area is 133 Å². The van der Waals surface area contributed by atoms with Crippen LogP contribution in [0.3, 0.4) is 0 Å². The van der Waals surface area contributed by atoms with E-state index in [1.54, 1.807) is 0 Å². The van der Waals surface area contributed by atoms with E-state index in [4.69, 9.17) is 5.73 Å². The zero-order valence-corrected chi connectivity index (χ0v) is 12.8. The van der Waals surface area contributed by atoms with Crippen LogP contribution in [0.5, 0.6) is 0 Å². The number of aromatic amines is 1. The number of rotatable bonds is 3. The largest absolute Gasteiger partial charge is 0.383 e. The summed E-state index contributed by atoms with van der Waals surface area (Å²) in [4.78, 5) is 0. The van der Waals surface area contributed by atoms with Crippen LogP contribution >= 0.6 is 0 Å². The standard InChI is InChI=1S/C16H19N7/c17-14-13(15(21-20-14)18-11-7-3-1-4-8-11)16-22-19-12-9-5-2-6-10-23(12)16/h1,3-4,7-8H,2,5-6,9-10H2,(H4,17,18,20,21). The van der Waals surface area contributed by atoms with Gasteiger partial charge in [0.15, 0.2) is 11.6 Å². The number of para-hydroxylation sites is 1. The SMILES string of the molecule is Nc1[nH]nc(Nc2ccccc2)c1-c1nnc2n1CCCCC2. The molecule has 2 aromatic heterocycles. The van der Waals surface area contributed by atoms with E-state index in [0.29, 0.717) is 11.6 Å². The van der Waals surface area contributed by atoms with Crippen LogP contribution < -0.4 is 11.1 Å². The lowest BCUT2D eigenvalue weighted by Gasteiger charge is -2.09. The van der Waals surface area contributed by atoms with Gasteiger partial charge in [-0.3, -0.25) is 5.10 Å². The molecule has 4 N–H and O–H groups in total. The van der Waals surface area contributed by atoms with Crippen molar-refractivity contribution >= 4 is 17.3 Å². The molecule has 0 bridgehead atoms. The second-order valence-corrected chi connectivity index (χ2v) is 5.75. The van der Waals surface area contributed by atoms with E-state index in [2.05, 4.69) is 30.3 Å². The zero-order chi connectivity index (χ0) is 15.6. The summed E-state index contributed by atoms with van der Waals surface area (Å²) < 4.78 is 2.17. The summed E-state index contributed by atoms with van der Waals surface area (Å²) in [5.41, 5.74) is 7.86. The van der Waals surface area contributed by atoms with Gasteiger partial charge in [0.05, 0.1) is 0 Å². The molecule has 4 rings (SSSR count). The number of nitrogens with zero attached hydrogens (tertiary/aromatic N) is 4. The number of H-pyrrole nitrogens is 1. The lowest BCUT2D eigenvalue weighted by molar-refractivity contribution is 0.637. The number of nitrogens with one attached hydrogen (secondary N) is 2. The van der Waals surface area contributed by atoms with Gasteiger partial charge in [0.25, 0.3) is 0 Å². The molecule has 7 heteroatoms. The Kier molecular flexibility index (Phi) is 3.45. The molecule has 0 radical (unpaired) electrons. The average molecular weight is 309 g/mol. The molecule has 0 fully saturated rings. The first-order chi connectivity index (χ1) is 11.3. The van der Waals surface area contributed by atoms with E-state index < -0.39 is 0 Å². The van der Waals surface area contributed by atoms with Crippen molar-refractivity contribution in [3.05, 3.63) is 36.2 Å². The van der Waals surface area contributed by atoms with Gasteiger partial charge < -0.3 is 15.6 Å². The van der Waals surface area contributed by atoms with E-state index in [-0.39, 0.29) is 0 Å². The highest BCUT2D eigenvalue weighted by molar-refractivity contribution is 5.82. The molecule has 7 nitrogen and oxygen atoms in total. The predicted molar refractivity (Wildman–Crippen MR) is 89.3 cm³/mol. The summed E-state index contributed by atoms with van der Waals surface area (Å²) in [5, 5.41) is 19.2. The van der Waals surface area contributed by atoms with Crippen molar-refractivity contribution in [1.29, 1.82) is 0 Å². The highest BCUT2D eigenvalue weighted by atomic mass is 15.3. The van der Waals surface area contributed by atoms with Gasteiger partial charge in [-0.1, -0.05) is 24.6 Å². The molecule has 0 saturated carbocycles. The Bertz CT molecular complexity index is 803. The van der Waals surface area contributed by atoms with E-state index in [9.17, 15) is 0 Å². The number of nitrogens with two attached hydrogens (primary N) is 1. The minimum atomic E-state index is 0.503. The highest BCUT2D eigenvalue weighted by Gasteiger charge is 2.22. The third-order valence-electron chi connectivity index (χ3n) is 4.16. The Morgan fingerprint density at radius 3 is 2.83 bits per heavy atom. The highest BCUT2D eigenvalue weighted by Crippen LogP contribution is 2.33. The minimum absolute atomic E-state index is 0.503. The average Bonchev–Trinajstić information content (AvgIpc) is 3.03.